The number of carbonyl (C=O) groups excluding carboxylic acids is 1. The Morgan fingerprint density at radius 2 is 2.22 bits per heavy atom. The Kier molecular flexibility index (Phi) is 3.50. The molecule has 0 saturated carbocycles. The maximum Gasteiger partial charge on any atom is 0.200 e. The van der Waals surface area contributed by atoms with Gasteiger partial charge in [-0.05, 0) is 40.4 Å². The van der Waals surface area contributed by atoms with Crippen LogP contribution in [0.5, 0.6) is 0 Å². The number of Topliss-reactive ketones (excluding diaryl/α,β-unsaturated/α-hetero) is 1. The smallest absolute Gasteiger partial charge is 0.200 e. The molecule has 1 N–H and O–H groups in total. The van der Waals surface area contributed by atoms with Gasteiger partial charge in [-0.15, -0.1) is 0 Å². The van der Waals surface area contributed by atoms with Crippen molar-refractivity contribution in [2.75, 3.05) is 0 Å². The van der Waals surface area contributed by atoms with Gasteiger partial charge in [0, 0.05) is 24.5 Å². The van der Waals surface area contributed by atoms with Gasteiger partial charge >= 0.3 is 0 Å². The molecule has 6 heteroatoms. The zero-order chi connectivity index (χ0) is 16.0. The van der Waals surface area contributed by atoms with Crippen LogP contribution in [-0.2, 0) is 6.42 Å². The maximum absolute atomic E-state index is 12.8. The minimum absolute atomic E-state index is 0.00738. The van der Waals surface area contributed by atoms with Crippen molar-refractivity contribution in [2.45, 2.75) is 25.4 Å². The summed E-state index contributed by atoms with van der Waals surface area (Å²) in [6.07, 6.45) is 4.18. The van der Waals surface area contributed by atoms with Crippen LogP contribution in [-0.4, -0.2) is 26.4 Å². The van der Waals surface area contributed by atoms with E-state index in [1.165, 1.54) is 11.1 Å². The van der Waals surface area contributed by atoms with Gasteiger partial charge in [0.2, 0.25) is 0 Å². The fourth-order valence-electron chi connectivity index (χ4n) is 3.13. The molecule has 1 aliphatic rings. The highest BCUT2D eigenvalue weighted by Gasteiger charge is 2.30. The minimum atomic E-state index is -0.256. The van der Waals surface area contributed by atoms with Crippen LogP contribution in [0, 0.1) is 0 Å². The first-order valence-electron chi connectivity index (χ1n) is 7.51. The average Bonchev–Trinajstić information content (AvgIpc) is 2.97. The number of hydrogen-bond donors (Lipinski definition) is 1. The van der Waals surface area contributed by atoms with Gasteiger partial charge in [0.25, 0.3) is 0 Å². The molecule has 2 aromatic heterocycles. The third-order valence-electron chi connectivity index (χ3n) is 4.25. The van der Waals surface area contributed by atoms with E-state index in [1.807, 2.05) is 12.1 Å². The van der Waals surface area contributed by atoms with E-state index in [2.05, 4.69) is 50.4 Å². The van der Waals surface area contributed by atoms with Gasteiger partial charge in [-0.2, -0.15) is 5.10 Å². The van der Waals surface area contributed by atoms with Crippen LogP contribution in [0.15, 0.2) is 47.2 Å². The fourth-order valence-corrected chi connectivity index (χ4v) is 3.43. The van der Waals surface area contributed by atoms with Crippen LogP contribution in [0.25, 0.3) is 5.65 Å². The van der Waals surface area contributed by atoms with Crippen molar-refractivity contribution >= 4 is 27.4 Å². The summed E-state index contributed by atoms with van der Waals surface area (Å²) >= 11 is 3.36. The highest BCUT2D eigenvalue weighted by atomic mass is 79.9. The van der Waals surface area contributed by atoms with Crippen molar-refractivity contribution < 1.29 is 4.79 Å². The molecule has 3 heterocycles. The number of carbonyl (C=O) groups is 1. The summed E-state index contributed by atoms with van der Waals surface area (Å²) in [5.41, 5.74) is 3.60. The third kappa shape index (κ3) is 2.58. The van der Waals surface area contributed by atoms with E-state index in [0.717, 1.165) is 4.47 Å². The topological polar surface area (TPSA) is 59.3 Å². The van der Waals surface area contributed by atoms with Crippen molar-refractivity contribution in [1.29, 1.82) is 0 Å². The van der Waals surface area contributed by atoms with E-state index in [1.54, 1.807) is 23.0 Å². The Hall–Kier alpha value is -2.05. The number of aromatic nitrogens is 3. The molecule has 0 saturated heterocycles. The van der Waals surface area contributed by atoms with Gasteiger partial charge in [0.15, 0.2) is 11.4 Å². The molecule has 0 radical (unpaired) electrons. The second-order valence-electron chi connectivity index (χ2n) is 5.81. The van der Waals surface area contributed by atoms with Crippen LogP contribution in [0.3, 0.4) is 0 Å². The number of rotatable bonds is 2. The van der Waals surface area contributed by atoms with Gasteiger partial charge in [-0.1, -0.05) is 24.3 Å². The standard InChI is InChI=1S/C17H15BrN4O/c1-10-13-5-3-2-4-11(13)6-14(20-10)17(23)15-7-16-19-8-12(18)9-22(16)21-15/h2-5,7-10,14,20H,6H2,1H3/t10-,14?/m1/s1. The molecule has 23 heavy (non-hydrogen) atoms. The van der Waals surface area contributed by atoms with Crippen LogP contribution in [0.4, 0.5) is 0 Å². The molecule has 0 bridgehead atoms. The number of hydrogen-bond acceptors (Lipinski definition) is 4. The summed E-state index contributed by atoms with van der Waals surface area (Å²) < 4.78 is 2.45. The van der Waals surface area contributed by atoms with Crippen molar-refractivity contribution in [3.8, 4) is 0 Å². The van der Waals surface area contributed by atoms with Crippen LogP contribution >= 0.6 is 15.9 Å². The van der Waals surface area contributed by atoms with Gasteiger partial charge in [0.1, 0.15) is 5.69 Å². The number of ketones is 1. The normalized spacial score (nSPS) is 20.4. The molecule has 0 fully saturated rings. The number of nitrogens with zero attached hydrogens (tertiary/aromatic N) is 3. The lowest BCUT2D eigenvalue weighted by atomic mass is 9.89. The highest BCUT2D eigenvalue weighted by molar-refractivity contribution is 9.10. The summed E-state index contributed by atoms with van der Waals surface area (Å²) in [6.45, 7) is 2.08. The molecule has 4 rings (SSSR count). The summed E-state index contributed by atoms with van der Waals surface area (Å²) in [7, 11) is 0. The lowest BCUT2D eigenvalue weighted by Crippen LogP contribution is -2.44. The van der Waals surface area contributed by atoms with E-state index < -0.39 is 0 Å². The maximum atomic E-state index is 12.8. The van der Waals surface area contributed by atoms with Crippen molar-refractivity contribution in [3.05, 3.63) is 64.0 Å². The zero-order valence-corrected chi connectivity index (χ0v) is 14.1. The zero-order valence-electron chi connectivity index (χ0n) is 12.5. The first-order valence-corrected chi connectivity index (χ1v) is 8.30. The summed E-state index contributed by atoms with van der Waals surface area (Å²) in [4.78, 5) is 17.1. The highest BCUT2D eigenvalue weighted by Crippen LogP contribution is 2.26. The number of benzene rings is 1. The second kappa shape index (κ2) is 5.54. The molecule has 1 unspecified atom stereocenters. The predicted octanol–water partition coefficient (Wildman–Crippen LogP) is 2.95. The summed E-state index contributed by atoms with van der Waals surface area (Å²) in [5.74, 6) is 0.00738. The van der Waals surface area contributed by atoms with E-state index in [-0.39, 0.29) is 17.9 Å². The Balaban J connectivity index is 1.66. The fraction of sp³-hybridized carbons (Fsp3) is 0.235. The molecule has 3 aromatic rings. The van der Waals surface area contributed by atoms with Crippen LogP contribution < -0.4 is 5.32 Å². The molecule has 2 atom stereocenters. The first kappa shape index (κ1) is 14.5. The van der Waals surface area contributed by atoms with E-state index in [0.29, 0.717) is 17.8 Å². The molecule has 1 aliphatic heterocycles. The number of fused-ring (bicyclic) bond motifs is 2. The quantitative estimate of drug-likeness (QED) is 0.704. The predicted molar refractivity (Wildman–Crippen MR) is 90.5 cm³/mol. The lowest BCUT2D eigenvalue weighted by molar-refractivity contribution is 0.0926. The molecule has 116 valence electrons. The van der Waals surface area contributed by atoms with Gasteiger partial charge in [-0.3, -0.25) is 4.79 Å². The van der Waals surface area contributed by atoms with Crippen molar-refractivity contribution in [3.63, 3.8) is 0 Å². The third-order valence-corrected chi connectivity index (χ3v) is 4.66. The number of nitrogens with one attached hydrogen (secondary N) is 1. The monoisotopic (exact) mass is 370 g/mol. The van der Waals surface area contributed by atoms with E-state index >= 15 is 0 Å². The lowest BCUT2D eigenvalue weighted by Gasteiger charge is -2.30. The second-order valence-corrected chi connectivity index (χ2v) is 6.73. The average molecular weight is 371 g/mol. The van der Waals surface area contributed by atoms with Crippen LogP contribution in [0.1, 0.15) is 34.6 Å². The molecule has 0 spiro atoms. The van der Waals surface area contributed by atoms with E-state index in [9.17, 15) is 4.79 Å². The summed E-state index contributed by atoms with van der Waals surface area (Å²) in [5, 5.41) is 7.76. The Bertz CT molecular complexity index is 904. The molecule has 0 amide bonds. The van der Waals surface area contributed by atoms with Crippen molar-refractivity contribution in [1.82, 2.24) is 19.9 Å². The minimum Gasteiger partial charge on any atom is -0.300 e. The van der Waals surface area contributed by atoms with Crippen LogP contribution in [0.2, 0.25) is 0 Å². The van der Waals surface area contributed by atoms with Crippen molar-refractivity contribution in [2.24, 2.45) is 0 Å². The molecule has 5 nitrogen and oxygen atoms in total. The Morgan fingerprint density at radius 1 is 1.39 bits per heavy atom. The van der Waals surface area contributed by atoms with Gasteiger partial charge in [-0.25, -0.2) is 9.50 Å². The molecule has 0 aliphatic carbocycles. The first-order chi connectivity index (χ1) is 11.1. The molecule has 1 aromatic carbocycles. The Morgan fingerprint density at radius 3 is 3.09 bits per heavy atom. The summed E-state index contributed by atoms with van der Waals surface area (Å²) in [6, 6.07) is 9.89. The molecular formula is C17H15BrN4O. The van der Waals surface area contributed by atoms with E-state index in [4.69, 9.17) is 0 Å². The molecular weight excluding hydrogens is 356 g/mol. The van der Waals surface area contributed by atoms with Gasteiger partial charge < -0.3 is 5.32 Å². The largest absolute Gasteiger partial charge is 0.300 e. The number of halogens is 1. The SMILES string of the molecule is C[C@H]1NC(C(=O)c2cc3ncc(Br)cn3n2)Cc2ccccc21. The Labute approximate surface area is 141 Å². The van der Waals surface area contributed by atoms with Gasteiger partial charge in [0.05, 0.1) is 10.5 Å².